The molecule has 0 radical (unpaired) electrons. The highest BCUT2D eigenvalue weighted by Crippen LogP contribution is 2.31. The summed E-state index contributed by atoms with van der Waals surface area (Å²) in [4.78, 5) is 0. The maximum Gasteiger partial charge on any atom is 0.163 e. The lowest BCUT2D eigenvalue weighted by Crippen LogP contribution is -2.63. The largest absolute Gasteiger partial charge is 0.376 e. The Bertz CT molecular complexity index is 1380. The van der Waals surface area contributed by atoms with Gasteiger partial charge < -0.3 is 34.7 Å². The second-order valence-electron chi connectivity index (χ2n) is 10.7. The van der Waals surface area contributed by atoms with Crippen molar-refractivity contribution in [1.82, 2.24) is 5.32 Å². The van der Waals surface area contributed by atoms with Crippen LogP contribution in [-0.2, 0) is 50.1 Å². The molecule has 1 fully saturated rings. The zero-order valence-corrected chi connectivity index (χ0v) is 25.5. The minimum absolute atomic E-state index is 0.191. The Morgan fingerprint density at radius 1 is 0.568 bits per heavy atom. The highest BCUT2D eigenvalue weighted by atomic mass is 32.1. The van der Waals surface area contributed by atoms with Crippen LogP contribution in [0.2, 0.25) is 0 Å². The van der Waals surface area contributed by atoms with Crippen molar-refractivity contribution in [3.05, 3.63) is 144 Å². The van der Waals surface area contributed by atoms with E-state index in [1.54, 1.807) is 0 Å². The van der Waals surface area contributed by atoms with Gasteiger partial charge in [-0.1, -0.05) is 121 Å². The molecule has 4 aromatic carbocycles. The Morgan fingerprint density at radius 2 is 0.955 bits per heavy atom. The first-order valence-corrected chi connectivity index (χ1v) is 15.3. The molecular weight excluding hydrogens is 572 g/mol. The Balaban J connectivity index is 1.42. The van der Waals surface area contributed by atoms with Crippen molar-refractivity contribution in [1.29, 1.82) is 0 Å². The number of hydrogen-bond donors (Lipinski definition) is 2. The predicted octanol–water partition coefficient (Wildman–Crippen LogP) is 5.56. The van der Waals surface area contributed by atoms with Gasteiger partial charge in [0.2, 0.25) is 0 Å². The van der Waals surface area contributed by atoms with Gasteiger partial charge in [0.25, 0.3) is 0 Å². The van der Waals surface area contributed by atoms with Crippen LogP contribution in [0.5, 0.6) is 0 Å². The third-order valence-electron chi connectivity index (χ3n) is 7.46. The number of nitrogens with two attached hydrogens (primary N) is 1. The Labute approximate surface area is 265 Å². The van der Waals surface area contributed by atoms with Crippen molar-refractivity contribution in [2.75, 3.05) is 13.2 Å². The van der Waals surface area contributed by atoms with Crippen molar-refractivity contribution in [3.8, 4) is 0 Å². The summed E-state index contributed by atoms with van der Waals surface area (Å²) in [7, 11) is 0. The van der Waals surface area contributed by atoms with Crippen molar-refractivity contribution in [3.63, 3.8) is 0 Å². The van der Waals surface area contributed by atoms with Crippen LogP contribution in [0.1, 0.15) is 22.3 Å². The highest BCUT2D eigenvalue weighted by Gasteiger charge is 2.48. The monoisotopic (exact) mass is 612 g/mol. The summed E-state index contributed by atoms with van der Waals surface area (Å²) in [5.74, 6) is 0. The fourth-order valence-electron chi connectivity index (χ4n) is 5.25. The summed E-state index contributed by atoms with van der Waals surface area (Å²) < 4.78 is 33.0. The fourth-order valence-corrected chi connectivity index (χ4v) is 5.33. The minimum atomic E-state index is -0.494. The van der Waals surface area contributed by atoms with E-state index >= 15 is 0 Å². The van der Waals surface area contributed by atoms with E-state index in [-0.39, 0.29) is 5.11 Å². The Morgan fingerprint density at radius 3 is 1.39 bits per heavy atom. The minimum Gasteiger partial charge on any atom is -0.376 e. The van der Waals surface area contributed by atoms with Gasteiger partial charge in [0.15, 0.2) is 5.11 Å². The quantitative estimate of drug-likeness (QED) is 0.169. The van der Waals surface area contributed by atoms with E-state index in [4.69, 9.17) is 41.6 Å². The number of benzene rings is 4. The zero-order chi connectivity index (χ0) is 30.4. The summed E-state index contributed by atoms with van der Waals surface area (Å²) in [6.45, 7) is 2.25. The Kier molecular flexibility index (Phi) is 12.3. The third kappa shape index (κ3) is 9.69. The average molecular weight is 613 g/mol. The average Bonchev–Trinajstić information content (AvgIpc) is 3.07. The lowest BCUT2D eigenvalue weighted by Gasteiger charge is -2.46. The van der Waals surface area contributed by atoms with Crippen LogP contribution in [0.25, 0.3) is 0 Å². The highest BCUT2D eigenvalue weighted by molar-refractivity contribution is 7.80. The molecule has 230 valence electrons. The summed E-state index contributed by atoms with van der Waals surface area (Å²) in [6.07, 6.45) is -2.36. The molecule has 5 rings (SSSR count). The molecule has 0 spiro atoms. The number of rotatable bonds is 15. The van der Waals surface area contributed by atoms with Crippen LogP contribution >= 0.6 is 12.2 Å². The Hall–Kier alpha value is -3.63. The van der Waals surface area contributed by atoms with Gasteiger partial charge in [0.05, 0.1) is 33.0 Å². The van der Waals surface area contributed by atoms with Gasteiger partial charge in [-0.15, -0.1) is 0 Å². The maximum absolute atomic E-state index is 6.73. The second kappa shape index (κ2) is 17.0. The second-order valence-corrected chi connectivity index (χ2v) is 11.2. The van der Waals surface area contributed by atoms with Crippen LogP contribution in [0.3, 0.4) is 0 Å². The molecule has 0 unspecified atom stereocenters. The van der Waals surface area contributed by atoms with Gasteiger partial charge in [-0.25, -0.2) is 0 Å². The topological polar surface area (TPSA) is 84.2 Å². The molecule has 3 N–H and O–H groups in total. The van der Waals surface area contributed by atoms with Crippen LogP contribution in [-0.4, -0.2) is 48.8 Å². The first-order valence-electron chi connectivity index (χ1n) is 14.9. The fraction of sp³-hybridized carbons (Fsp3) is 0.306. The van der Waals surface area contributed by atoms with Crippen molar-refractivity contribution in [2.45, 2.75) is 56.9 Å². The first kappa shape index (κ1) is 31.8. The normalized spacial score (nSPS) is 21.5. The smallest absolute Gasteiger partial charge is 0.163 e. The van der Waals surface area contributed by atoms with E-state index in [0.717, 1.165) is 22.3 Å². The van der Waals surface area contributed by atoms with Crippen LogP contribution in [0.4, 0.5) is 0 Å². The molecule has 0 aromatic heterocycles. The van der Waals surface area contributed by atoms with E-state index in [1.807, 2.05) is 121 Å². The molecule has 0 saturated carbocycles. The lowest BCUT2D eigenvalue weighted by molar-refractivity contribution is -0.271. The van der Waals surface area contributed by atoms with Gasteiger partial charge >= 0.3 is 0 Å². The van der Waals surface area contributed by atoms with Crippen LogP contribution in [0.15, 0.2) is 121 Å². The van der Waals surface area contributed by atoms with E-state index in [2.05, 4.69) is 5.32 Å². The molecule has 7 nitrogen and oxygen atoms in total. The molecule has 1 aliphatic heterocycles. The van der Waals surface area contributed by atoms with Gasteiger partial charge in [0, 0.05) is 6.54 Å². The standard InChI is InChI=1S/C36H40N2O5S/c37-36(44)38-21-31-33(40-23-28-15-7-2-8-16-28)35(42-25-30-19-11-4-12-20-30)34(41-24-29-17-9-3-10-18-29)32(43-31)26-39-22-27-13-5-1-6-14-27/h1-20,31-35H,21-26H2,(H3,37,38,44)/t31-,32-,33-,34-,35-/m1/s1. The molecule has 1 heterocycles. The SMILES string of the molecule is NC(=S)NC[C@H]1O[C@H](COCc2ccccc2)[C@@H](OCc2ccccc2)[C@H](OCc2ccccc2)[C@@H]1OCc1ccccc1. The van der Waals surface area contributed by atoms with Crippen molar-refractivity contribution in [2.24, 2.45) is 5.73 Å². The number of ether oxygens (including phenoxy) is 5. The van der Waals surface area contributed by atoms with E-state index in [1.165, 1.54) is 0 Å². The number of nitrogens with one attached hydrogen (secondary N) is 1. The molecule has 4 aromatic rings. The van der Waals surface area contributed by atoms with Gasteiger partial charge in [-0.2, -0.15) is 0 Å². The van der Waals surface area contributed by atoms with E-state index < -0.39 is 30.5 Å². The van der Waals surface area contributed by atoms with Crippen LogP contribution in [0, 0.1) is 0 Å². The molecule has 0 amide bonds. The third-order valence-corrected chi connectivity index (χ3v) is 7.60. The summed E-state index contributed by atoms with van der Waals surface area (Å²) >= 11 is 5.15. The van der Waals surface area contributed by atoms with Crippen molar-refractivity contribution >= 4 is 17.3 Å². The summed E-state index contributed by atoms with van der Waals surface area (Å²) in [5, 5.41) is 3.27. The van der Waals surface area contributed by atoms with Gasteiger partial charge in [0.1, 0.15) is 30.5 Å². The molecule has 5 atom stereocenters. The van der Waals surface area contributed by atoms with Gasteiger partial charge in [-0.3, -0.25) is 0 Å². The molecule has 8 heteroatoms. The van der Waals surface area contributed by atoms with Crippen LogP contribution < -0.4 is 11.1 Å². The number of hydrogen-bond acceptors (Lipinski definition) is 6. The summed E-state index contributed by atoms with van der Waals surface area (Å²) in [5.41, 5.74) is 10.1. The van der Waals surface area contributed by atoms with E-state index in [0.29, 0.717) is 39.6 Å². The summed E-state index contributed by atoms with van der Waals surface area (Å²) in [6, 6.07) is 40.3. The molecule has 1 saturated heterocycles. The zero-order valence-electron chi connectivity index (χ0n) is 24.7. The molecule has 1 aliphatic rings. The first-order chi connectivity index (χ1) is 21.7. The predicted molar refractivity (Wildman–Crippen MR) is 175 cm³/mol. The van der Waals surface area contributed by atoms with Crippen molar-refractivity contribution < 1.29 is 23.7 Å². The van der Waals surface area contributed by atoms with E-state index in [9.17, 15) is 0 Å². The molecule has 0 bridgehead atoms. The number of thiocarbonyl (C=S) groups is 1. The van der Waals surface area contributed by atoms with Gasteiger partial charge in [-0.05, 0) is 34.5 Å². The molecular formula is C36H40N2O5S. The molecule has 44 heavy (non-hydrogen) atoms. The molecule has 0 aliphatic carbocycles. The maximum atomic E-state index is 6.73. The lowest BCUT2D eigenvalue weighted by atomic mass is 9.93.